The largest absolute Gasteiger partial charge is 0.311 e. The molecule has 0 radical (unpaired) electrons. The number of fused-ring (bicyclic) bond motifs is 1. The van der Waals surface area contributed by atoms with Crippen molar-refractivity contribution in [1.82, 2.24) is 4.98 Å². The van der Waals surface area contributed by atoms with E-state index in [1.54, 1.807) is 5.38 Å². The number of nitrogens with one attached hydrogen (secondary N) is 1. The molecule has 0 unspecified atom stereocenters. The fourth-order valence-corrected chi connectivity index (χ4v) is 5.19. The van der Waals surface area contributed by atoms with Gasteiger partial charge in [-0.2, -0.15) is 5.26 Å². The van der Waals surface area contributed by atoms with Gasteiger partial charge in [0.15, 0.2) is 0 Å². The molecule has 1 aliphatic carbocycles. The van der Waals surface area contributed by atoms with Crippen LogP contribution in [0.3, 0.4) is 0 Å². The second-order valence-electron chi connectivity index (χ2n) is 6.38. The predicted octanol–water partition coefficient (Wildman–Crippen LogP) is 5.18. The fourth-order valence-electron chi connectivity index (χ4n) is 3.15. The van der Waals surface area contributed by atoms with Crippen LogP contribution in [-0.2, 0) is 12.8 Å². The maximum absolute atomic E-state index is 12.6. The summed E-state index contributed by atoms with van der Waals surface area (Å²) in [4.78, 5) is 18.3. The Bertz CT molecular complexity index is 1010. The molecule has 4 nitrogen and oxygen atoms in total. The van der Waals surface area contributed by atoms with Crippen LogP contribution < -0.4 is 5.32 Å². The Labute approximate surface area is 160 Å². The third-order valence-corrected chi connectivity index (χ3v) is 6.64. The molecule has 0 saturated carbocycles. The van der Waals surface area contributed by atoms with Crippen molar-refractivity contribution in [2.24, 2.45) is 0 Å². The van der Waals surface area contributed by atoms with Crippen molar-refractivity contribution in [3.8, 4) is 16.6 Å². The van der Waals surface area contributed by atoms with Crippen LogP contribution in [0.15, 0.2) is 29.6 Å². The third-order valence-electron chi connectivity index (χ3n) is 4.55. The van der Waals surface area contributed by atoms with E-state index in [1.165, 1.54) is 33.1 Å². The molecule has 1 aromatic carbocycles. The molecule has 0 aliphatic heterocycles. The zero-order valence-corrected chi connectivity index (χ0v) is 16.0. The van der Waals surface area contributed by atoms with Crippen LogP contribution in [0.25, 0.3) is 10.6 Å². The highest BCUT2D eigenvalue weighted by atomic mass is 32.1. The highest BCUT2D eigenvalue weighted by Gasteiger charge is 2.22. The van der Waals surface area contributed by atoms with Crippen molar-refractivity contribution in [2.75, 3.05) is 5.32 Å². The van der Waals surface area contributed by atoms with Gasteiger partial charge in [0.2, 0.25) is 0 Å². The van der Waals surface area contributed by atoms with E-state index in [9.17, 15) is 10.1 Å². The number of thiophene rings is 1. The van der Waals surface area contributed by atoms with Gasteiger partial charge in [-0.05, 0) is 38.2 Å². The van der Waals surface area contributed by atoms with Gasteiger partial charge >= 0.3 is 0 Å². The van der Waals surface area contributed by atoms with Crippen molar-refractivity contribution in [3.63, 3.8) is 0 Å². The summed E-state index contributed by atoms with van der Waals surface area (Å²) in [5, 5.41) is 15.7. The van der Waals surface area contributed by atoms with E-state index in [4.69, 9.17) is 0 Å². The van der Waals surface area contributed by atoms with Crippen LogP contribution in [0.4, 0.5) is 5.00 Å². The van der Waals surface area contributed by atoms with Crippen molar-refractivity contribution >= 4 is 33.6 Å². The molecule has 0 bridgehead atoms. The van der Waals surface area contributed by atoms with Crippen LogP contribution >= 0.6 is 22.7 Å². The fraction of sp³-hybridized carbons (Fsp3) is 0.250. The molecule has 0 spiro atoms. The minimum absolute atomic E-state index is 0.255. The molecule has 4 rings (SSSR count). The Kier molecular flexibility index (Phi) is 4.58. The Morgan fingerprint density at radius 3 is 2.77 bits per heavy atom. The summed E-state index contributed by atoms with van der Waals surface area (Å²) >= 11 is 2.99. The number of hydrogen-bond acceptors (Lipinski definition) is 5. The second-order valence-corrected chi connectivity index (χ2v) is 8.35. The first-order valence-electron chi connectivity index (χ1n) is 8.54. The van der Waals surface area contributed by atoms with Gasteiger partial charge in [-0.15, -0.1) is 22.7 Å². The first kappa shape index (κ1) is 17.0. The topological polar surface area (TPSA) is 65.8 Å². The van der Waals surface area contributed by atoms with E-state index in [0.717, 1.165) is 41.8 Å². The van der Waals surface area contributed by atoms with E-state index >= 15 is 0 Å². The van der Waals surface area contributed by atoms with Crippen molar-refractivity contribution in [2.45, 2.75) is 32.6 Å². The minimum Gasteiger partial charge on any atom is -0.311 e. The lowest BCUT2D eigenvalue weighted by Gasteiger charge is -2.09. The van der Waals surface area contributed by atoms with E-state index in [1.807, 2.05) is 31.2 Å². The molecule has 3 aromatic rings. The summed E-state index contributed by atoms with van der Waals surface area (Å²) in [6.45, 7) is 2.04. The van der Waals surface area contributed by atoms with Gasteiger partial charge in [-0.25, -0.2) is 4.98 Å². The highest BCUT2D eigenvalue weighted by Crippen LogP contribution is 2.38. The SMILES string of the molecule is Cc1ccc(-c2nc(C(=O)Nc3sc4c(c3C#N)CCCC4)cs2)cc1. The number of aromatic nitrogens is 1. The maximum Gasteiger partial charge on any atom is 0.275 e. The third kappa shape index (κ3) is 3.16. The maximum atomic E-state index is 12.6. The van der Waals surface area contributed by atoms with Crippen LogP contribution in [0, 0.1) is 18.3 Å². The number of thiazole rings is 1. The van der Waals surface area contributed by atoms with E-state index < -0.39 is 0 Å². The predicted molar refractivity (Wildman–Crippen MR) is 106 cm³/mol. The van der Waals surface area contributed by atoms with E-state index in [2.05, 4.69) is 16.4 Å². The summed E-state index contributed by atoms with van der Waals surface area (Å²) in [7, 11) is 0. The number of carbonyl (C=O) groups is 1. The van der Waals surface area contributed by atoms with Crippen LogP contribution in [-0.4, -0.2) is 10.9 Å². The molecule has 1 aliphatic rings. The smallest absolute Gasteiger partial charge is 0.275 e. The molecule has 1 N–H and O–H groups in total. The first-order chi connectivity index (χ1) is 12.7. The molecule has 2 heterocycles. The zero-order chi connectivity index (χ0) is 18.1. The van der Waals surface area contributed by atoms with Gasteiger partial charge in [-0.1, -0.05) is 29.8 Å². The number of hydrogen-bond donors (Lipinski definition) is 1. The quantitative estimate of drug-likeness (QED) is 0.681. The van der Waals surface area contributed by atoms with Gasteiger partial charge in [0.1, 0.15) is 21.8 Å². The lowest BCUT2D eigenvalue weighted by atomic mass is 9.96. The number of carbonyl (C=O) groups excluding carboxylic acids is 1. The van der Waals surface area contributed by atoms with Gasteiger partial charge in [0.25, 0.3) is 5.91 Å². The van der Waals surface area contributed by atoms with Gasteiger partial charge in [-0.3, -0.25) is 4.79 Å². The number of aryl methyl sites for hydroxylation is 2. The van der Waals surface area contributed by atoms with Crippen LogP contribution in [0.5, 0.6) is 0 Å². The molecule has 1 amide bonds. The van der Waals surface area contributed by atoms with Gasteiger partial charge in [0.05, 0.1) is 5.56 Å². The molecule has 26 heavy (non-hydrogen) atoms. The van der Waals surface area contributed by atoms with Crippen molar-refractivity contribution in [3.05, 3.63) is 56.9 Å². The molecule has 0 saturated heterocycles. The molecule has 2 aromatic heterocycles. The summed E-state index contributed by atoms with van der Waals surface area (Å²) in [5.74, 6) is -0.255. The minimum atomic E-state index is -0.255. The number of anilines is 1. The van der Waals surface area contributed by atoms with Crippen LogP contribution in [0.2, 0.25) is 0 Å². The lowest BCUT2D eigenvalue weighted by molar-refractivity contribution is 0.102. The van der Waals surface area contributed by atoms with Crippen molar-refractivity contribution < 1.29 is 4.79 Å². The molecule has 6 heteroatoms. The molecular formula is C20H17N3OS2. The average Bonchev–Trinajstić information content (AvgIpc) is 3.26. The molecule has 130 valence electrons. The second kappa shape index (κ2) is 7.02. The molecular weight excluding hydrogens is 362 g/mol. The normalized spacial score (nSPS) is 13.1. The van der Waals surface area contributed by atoms with E-state index in [-0.39, 0.29) is 5.91 Å². The molecule has 0 atom stereocenters. The Morgan fingerprint density at radius 2 is 2.00 bits per heavy atom. The number of nitriles is 1. The number of nitrogens with zero attached hydrogens (tertiary/aromatic N) is 2. The van der Waals surface area contributed by atoms with Crippen LogP contribution in [0.1, 0.15) is 44.9 Å². The van der Waals surface area contributed by atoms with Crippen molar-refractivity contribution in [1.29, 1.82) is 5.26 Å². The first-order valence-corrected chi connectivity index (χ1v) is 10.2. The Hall–Kier alpha value is -2.49. The number of amides is 1. The highest BCUT2D eigenvalue weighted by molar-refractivity contribution is 7.16. The van der Waals surface area contributed by atoms with Gasteiger partial charge < -0.3 is 5.32 Å². The summed E-state index contributed by atoms with van der Waals surface area (Å²) in [6.07, 6.45) is 4.19. The van der Waals surface area contributed by atoms with Gasteiger partial charge in [0, 0.05) is 15.8 Å². The standard InChI is InChI=1S/C20H17N3OS2/c1-12-6-8-13(9-7-12)19-22-16(11-25-19)18(24)23-20-15(10-21)14-4-2-3-5-17(14)26-20/h6-9,11H,2-5H2,1H3,(H,23,24). The number of rotatable bonds is 3. The summed E-state index contributed by atoms with van der Waals surface area (Å²) in [6, 6.07) is 10.4. The monoisotopic (exact) mass is 379 g/mol. The Morgan fingerprint density at radius 1 is 1.23 bits per heavy atom. The van der Waals surface area contributed by atoms with E-state index in [0.29, 0.717) is 16.3 Å². The lowest BCUT2D eigenvalue weighted by Crippen LogP contribution is -2.12. The number of benzene rings is 1. The summed E-state index contributed by atoms with van der Waals surface area (Å²) < 4.78 is 0. The Balaban J connectivity index is 1.57. The average molecular weight is 380 g/mol. The summed E-state index contributed by atoms with van der Waals surface area (Å²) in [5.41, 5.74) is 4.34. The zero-order valence-electron chi connectivity index (χ0n) is 14.3. The molecule has 0 fully saturated rings.